The molecule has 0 saturated heterocycles. The van der Waals surface area contributed by atoms with Crippen LogP contribution in [0.3, 0.4) is 0 Å². The van der Waals surface area contributed by atoms with Gasteiger partial charge in [-0.05, 0) is 53.8 Å². The Hall–Kier alpha value is -3.36. The number of hydrogen-bond donors (Lipinski definition) is 3. The van der Waals surface area contributed by atoms with E-state index >= 15 is 0 Å². The second-order valence-corrected chi connectivity index (χ2v) is 10.2. The van der Waals surface area contributed by atoms with Crippen LogP contribution in [0, 0.1) is 6.92 Å². The molecule has 3 aromatic heterocycles. The molecule has 0 fully saturated rings. The molecular formula is C23H20N4O2S2. The van der Waals surface area contributed by atoms with Crippen molar-refractivity contribution in [3.63, 3.8) is 0 Å². The largest absolute Gasteiger partial charge is 0.383 e. The number of hydrogen-bond acceptors (Lipinski definition) is 5. The van der Waals surface area contributed by atoms with Crippen molar-refractivity contribution < 1.29 is 8.42 Å². The molecule has 3 heterocycles. The van der Waals surface area contributed by atoms with Gasteiger partial charge in [0.2, 0.25) is 10.0 Å². The van der Waals surface area contributed by atoms with Gasteiger partial charge in [-0.15, -0.1) is 11.3 Å². The van der Waals surface area contributed by atoms with E-state index in [1.54, 1.807) is 29.7 Å². The summed E-state index contributed by atoms with van der Waals surface area (Å²) in [5, 5.41) is 4.21. The summed E-state index contributed by atoms with van der Waals surface area (Å²) in [5.74, 6) is 0.496. The van der Waals surface area contributed by atoms with Gasteiger partial charge in [-0.1, -0.05) is 18.2 Å². The van der Waals surface area contributed by atoms with E-state index in [4.69, 9.17) is 5.73 Å². The van der Waals surface area contributed by atoms with Crippen molar-refractivity contribution in [3.05, 3.63) is 65.8 Å². The van der Waals surface area contributed by atoms with Crippen LogP contribution in [-0.4, -0.2) is 24.6 Å². The predicted molar refractivity (Wildman–Crippen MR) is 130 cm³/mol. The van der Waals surface area contributed by atoms with E-state index in [0.717, 1.165) is 55.2 Å². The zero-order chi connectivity index (χ0) is 21.8. The quantitative estimate of drug-likeness (QED) is 0.344. The van der Waals surface area contributed by atoms with Crippen LogP contribution in [0.1, 0.15) is 5.69 Å². The Morgan fingerprint density at radius 1 is 1.03 bits per heavy atom. The number of aromatic amines is 1. The third-order valence-corrected chi connectivity index (χ3v) is 6.81. The van der Waals surface area contributed by atoms with Crippen molar-refractivity contribution in [2.45, 2.75) is 6.92 Å². The Morgan fingerprint density at radius 3 is 2.52 bits per heavy atom. The van der Waals surface area contributed by atoms with Crippen molar-refractivity contribution in [1.29, 1.82) is 0 Å². The minimum atomic E-state index is -3.32. The van der Waals surface area contributed by atoms with Crippen molar-refractivity contribution in [2.24, 2.45) is 0 Å². The van der Waals surface area contributed by atoms with Crippen LogP contribution in [0.4, 0.5) is 11.5 Å². The van der Waals surface area contributed by atoms with Crippen LogP contribution in [0.2, 0.25) is 0 Å². The van der Waals surface area contributed by atoms with Crippen molar-refractivity contribution in [3.8, 4) is 22.3 Å². The van der Waals surface area contributed by atoms with Gasteiger partial charge in [0.25, 0.3) is 0 Å². The molecule has 5 rings (SSSR count). The van der Waals surface area contributed by atoms with Gasteiger partial charge in [0.05, 0.1) is 6.26 Å². The molecule has 0 atom stereocenters. The number of pyridine rings is 1. The monoisotopic (exact) mass is 448 g/mol. The molecule has 5 aromatic rings. The first-order chi connectivity index (χ1) is 14.8. The molecule has 0 bridgehead atoms. The average Bonchev–Trinajstić information content (AvgIpc) is 3.31. The van der Waals surface area contributed by atoms with E-state index in [2.05, 4.69) is 44.3 Å². The second kappa shape index (κ2) is 7.11. The van der Waals surface area contributed by atoms with Crippen LogP contribution < -0.4 is 10.5 Å². The number of nitrogens with one attached hydrogen (secondary N) is 2. The summed E-state index contributed by atoms with van der Waals surface area (Å²) in [6.07, 6.45) is 2.91. The maximum absolute atomic E-state index is 11.5. The first-order valence-corrected chi connectivity index (χ1v) is 12.4. The Kier molecular flexibility index (Phi) is 4.49. The number of fused-ring (bicyclic) bond motifs is 2. The normalized spacial score (nSPS) is 11.9. The topological polar surface area (TPSA) is 101 Å². The lowest BCUT2D eigenvalue weighted by Gasteiger charge is -2.09. The molecule has 0 saturated carbocycles. The van der Waals surface area contributed by atoms with Gasteiger partial charge in [-0.3, -0.25) is 4.72 Å². The number of thiophene rings is 1. The Bertz CT molecular complexity index is 1550. The highest BCUT2D eigenvalue weighted by Gasteiger charge is 2.16. The van der Waals surface area contributed by atoms with E-state index in [9.17, 15) is 8.42 Å². The van der Waals surface area contributed by atoms with Crippen molar-refractivity contribution >= 4 is 53.9 Å². The lowest BCUT2D eigenvalue weighted by Crippen LogP contribution is -2.09. The molecule has 6 nitrogen and oxygen atoms in total. The van der Waals surface area contributed by atoms with Crippen LogP contribution in [0.5, 0.6) is 0 Å². The highest BCUT2D eigenvalue weighted by molar-refractivity contribution is 7.92. The number of aromatic nitrogens is 2. The number of anilines is 2. The standard InChI is InChI=1S/C23H20N4O2S2/c1-13-9-16-10-15(5-8-20(16)26-13)19-12-30-22-18(11-25-23(24)21(19)22)14-3-6-17(7-4-14)27-31(2,28)29/h3-12,26-27H,1-2H3,(H2,24,25). The molecule has 0 aliphatic heterocycles. The number of H-pyrrole nitrogens is 1. The average molecular weight is 449 g/mol. The molecule has 31 heavy (non-hydrogen) atoms. The van der Waals surface area contributed by atoms with Crippen LogP contribution in [0.25, 0.3) is 43.2 Å². The summed E-state index contributed by atoms with van der Waals surface area (Å²) in [7, 11) is -3.32. The lowest BCUT2D eigenvalue weighted by molar-refractivity contribution is 0.607. The second-order valence-electron chi connectivity index (χ2n) is 7.62. The first kappa shape index (κ1) is 19.6. The zero-order valence-corrected chi connectivity index (χ0v) is 18.6. The zero-order valence-electron chi connectivity index (χ0n) is 16.9. The fourth-order valence-electron chi connectivity index (χ4n) is 3.86. The van der Waals surface area contributed by atoms with Crippen LogP contribution in [-0.2, 0) is 10.0 Å². The van der Waals surface area contributed by atoms with E-state index in [1.807, 2.05) is 19.1 Å². The van der Waals surface area contributed by atoms with Gasteiger partial charge in [-0.2, -0.15) is 0 Å². The molecule has 4 N–H and O–H groups in total. The van der Waals surface area contributed by atoms with Gasteiger partial charge in [0, 0.05) is 49.7 Å². The number of nitrogen functional groups attached to an aromatic ring is 1. The third kappa shape index (κ3) is 3.64. The van der Waals surface area contributed by atoms with Gasteiger partial charge < -0.3 is 10.7 Å². The Balaban J connectivity index is 1.62. The minimum absolute atomic E-state index is 0.496. The minimum Gasteiger partial charge on any atom is -0.383 e. The number of aryl methyl sites for hydroxylation is 1. The fraction of sp³-hybridized carbons (Fsp3) is 0.0870. The van der Waals surface area contributed by atoms with Crippen molar-refractivity contribution in [2.75, 3.05) is 16.7 Å². The van der Waals surface area contributed by atoms with E-state index in [0.29, 0.717) is 11.5 Å². The summed E-state index contributed by atoms with van der Waals surface area (Å²) in [4.78, 5) is 7.81. The Morgan fingerprint density at radius 2 is 1.77 bits per heavy atom. The fourth-order valence-corrected chi connectivity index (χ4v) is 5.55. The van der Waals surface area contributed by atoms with Crippen molar-refractivity contribution in [1.82, 2.24) is 9.97 Å². The summed E-state index contributed by atoms with van der Waals surface area (Å²) >= 11 is 1.63. The molecular weight excluding hydrogens is 428 g/mol. The summed E-state index contributed by atoms with van der Waals surface area (Å²) < 4.78 is 26.4. The molecule has 156 valence electrons. The predicted octanol–water partition coefficient (Wildman–Crippen LogP) is 5.37. The summed E-state index contributed by atoms with van der Waals surface area (Å²) in [6, 6.07) is 15.7. The molecule has 8 heteroatoms. The SMILES string of the molecule is Cc1cc2cc(-c3csc4c(-c5ccc(NS(C)(=O)=O)cc5)cnc(N)c34)ccc2[nH]1. The third-order valence-electron chi connectivity index (χ3n) is 5.19. The molecule has 0 radical (unpaired) electrons. The van der Waals surface area contributed by atoms with E-state index < -0.39 is 10.0 Å². The maximum Gasteiger partial charge on any atom is 0.229 e. The molecule has 0 spiro atoms. The van der Waals surface area contributed by atoms with Gasteiger partial charge in [0.15, 0.2) is 0 Å². The lowest BCUT2D eigenvalue weighted by atomic mass is 10.0. The van der Waals surface area contributed by atoms with Gasteiger partial charge in [-0.25, -0.2) is 13.4 Å². The number of nitrogens with two attached hydrogens (primary N) is 1. The van der Waals surface area contributed by atoms with Gasteiger partial charge in [0.1, 0.15) is 5.82 Å². The molecule has 0 aliphatic carbocycles. The smallest absolute Gasteiger partial charge is 0.229 e. The number of rotatable bonds is 4. The molecule has 2 aromatic carbocycles. The van der Waals surface area contributed by atoms with E-state index in [-0.39, 0.29) is 0 Å². The number of sulfonamides is 1. The van der Waals surface area contributed by atoms with Gasteiger partial charge >= 0.3 is 0 Å². The highest BCUT2D eigenvalue weighted by Crippen LogP contribution is 2.42. The number of benzene rings is 2. The first-order valence-electron chi connectivity index (χ1n) is 9.62. The van der Waals surface area contributed by atoms with Crippen LogP contribution in [0.15, 0.2) is 60.1 Å². The molecule has 0 amide bonds. The van der Waals surface area contributed by atoms with Crippen LogP contribution >= 0.6 is 11.3 Å². The number of nitrogens with zero attached hydrogens (tertiary/aromatic N) is 1. The molecule has 0 unspecified atom stereocenters. The van der Waals surface area contributed by atoms with E-state index in [1.165, 1.54) is 0 Å². The Labute approximate surface area is 183 Å². The molecule has 0 aliphatic rings. The highest BCUT2D eigenvalue weighted by atomic mass is 32.2. The maximum atomic E-state index is 11.5. The summed E-state index contributed by atoms with van der Waals surface area (Å²) in [6.45, 7) is 2.05. The summed E-state index contributed by atoms with van der Waals surface area (Å²) in [5.41, 5.74) is 13.1.